The highest BCUT2D eigenvalue weighted by molar-refractivity contribution is 5.91. The smallest absolute Gasteiger partial charge is 0.348 e. The maximum Gasteiger partial charge on any atom is 0.348 e. The van der Waals surface area contributed by atoms with Crippen LogP contribution in [0.5, 0.6) is 0 Å². The second-order valence-electron chi connectivity index (χ2n) is 3.81. The van der Waals surface area contributed by atoms with E-state index in [1.54, 1.807) is 13.0 Å². The van der Waals surface area contributed by atoms with Crippen molar-refractivity contribution in [3.8, 4) is 6.07 Å². The molecule has 0 spiro atoms. The van der Waals surface area contributed by atoms with Gasteiger partial charge in [-0.25, -0.2) is 4.79 Å². The highest BCUT2D eigenvalue weighted by atomic mass is 16.5. The molecular weight excluding hydrogens is 230 g/mol. The van der Waals surface area contributed by atoms with Crippen LogP contribution in [-0.2, 0) is 9.53 Å². The van der Waals surface area contributed by atoms with Crippen LogP contribution in [0.15, 0.2) is 12.2 Å². The second kappa shape index (κ2) is 15.7. The summed E-state index contributed by atoms with van der Waals surface area (Å²) in [6.07, 6.45) is 6.88. The molecule has 0 unspecified atom stereocenters. The number of nitriles is 1. The fourth-order valence-corrected chi connectivity index (χ4v) is 1.18. The number of unbranched alkanes of at least 4 members (excludes halogenated alkanes) is 5. The average Bonchev–Trinajstić information content (AvgIpc) is 2.37. The van der Waals surface area contributed by atoms with E-state index in [9.17, 15) is 4.79 Å². The normalized spacial score (nSPS) is 8.78. The number of aliphatic hydroxyl groups excluding tert-OH is 1. The summed E-state index contributed by atoms with van der Waals surface area (Å²) in [6, 6.07) is 1.66. The highest BCUT2D eigenvalue weighted by Crippen LogP contribution is 2.05. The van der Waals surface area contributed by atoms with Gasteiger partial charge in [0.15, 0.2) is 0 Å². The maximum atomic E-state index is 11.0. The number of hydrogen-bond acceptors (Lipinski definition) is 4. The largest absolute Gasteiger partial charge is 0.462 e. The van der Waals surface area contributed by atoms with Crippen LogP contribution in [0.4, 0.5) is 0 Å². The van der Waals surface area contributed by atoms with E-state index in [1.807, 2.05) is 0 Å². The highest BCUT2D eigenvalue weighted by Gasteiger charge is 2.05. The number of aliphatic hydroxyl groups is 1. The number of carbonyl (C=O) groups is 1. The van der Waals surface area contributed by atoms with Crippen molar-refractivity contribution in [2.24, 2.45) is 0 Å². The van der Waals surface area contributed by atoms with E-state index in [4.69, 9.17) is 15.1 Å². The Morgan fingerprint density at radius 1 is 1.22 bits per heavy atom. The number of rotatable bonds is 8. The fourth-order valence-electron chi connectivity index (χ4n) is 1.18. The lowest BCUT2D eigenvalue weighted by molar-refractivity contribution is -0.138. The molecule has 0 bridgehead atoms. The minimum Gasteiger partial charge on any atom is -0.462 e. The first-order valence-electron chi connectivity index (χ1n) is 6.50. The molecule has 1 N–H and O–H groups in total. The van der Waals surface area contributed by atoms with Gasteiger partial charge >= 0.3 is 5.97 Å². The predicted molar refractivity (Wildman–Crippen MR) is 71.8 cm³/mol. The second-order valence-corrected chi connectivity index (χ2v) is 3.81. The lowest BCUT2D eigenvalue weighted by atomic mass is 10.1. The Kier molecular flexibility index (Phi) is 16.5. The molecule has 0 aromatic carbocycles. The summed E-state index contributed by atoms with van der Waals surface area (Å²) in [5, 5.41) is 15.9. The van der Waals surface area contributed by atoms with Gasteiger partial charge in [0.05, 0.1) is 6.61 Å². The molecule has 0 rings (SSSR count). The first-order valence-corrected chi connectivity index (χ1v) is 6.50. The summed E-state index contributed by atoms with van der Waals surface area (Å²) in [4.78, 5) is 11.0. The average molecular weight is 255 g/mol. The standard InChI is InChI=1S/C12H19NO2.C2H6O/c1-3-4-5-6-7-8-9-15-12(14)11(2)10-13;1-2-3/h2-9H2,1H3;3H,2H2,1H3. The summed E-state index contributed by atoms with van der Waals surface area (Å²) < 4.78 is 4.84. The molecule has 0 amide bonds. The summed E-state index contributed by atoms with van der Waals surface area (Å²) in [5.41, 5.74) is -0.124. The monoisotopic (exact) mass is 255 g/mol. The van der Waals surface area contributed by atoms with Gasteiger partial charge in [-0.15, -0.1) is 0 Å². The molecule has 0 saturated carbocycles. The van der Waals surface area contributed by atoms with Crippen LogP contribution in [0.1, 0.15) is 52.4 Å². The van der Waals surface area contributed by atoms with Gasteiger partial charge < -0.3 is 9.84 Å². The molecule has 0 aliphatic heterocycles. The molecule has 0 fully saturated rings. The topological polar surface area (TPSA) is 70.3 Å². The Labute approximate surface area is 110 Å². The van der Waals surface area contributed by atoms with Crippen molar-refractivity contribution in [1.82, 2.24) is 0 Å². The molecule has 4 heteroatoms. The van der Waals surface area contributed by atoms with Gasteiger partial charge in [-0.3, -0.25) is 0 Å². The Balaban J connectivity index is 0. The minimum atomic E-state index is -0.592. The Morgan fingerprint density at radius 2 is 1.72 bits per heavy atom. The summed E-state index contributed by atoms with van der Waals surface area (Å²) in [5.74, 6) is -0.592. The fraction of sp³-hybridized carbons (Fsp3) is 0.714. The van der Waals surface area contributed by atoms with Crippen molar-refractivity contribution >= 4 is 5.97 Å². The van der Waals surface area contributed by atoms with Crippen LogP contribution >= 0.6 is 0 Å². The Hall–Kier alpha value is -1.34. The molecular formula is C14H25NO3. The van der Waals surface area contributed by atoms with E-state index in [1.165, 1.54) is 25.7 Å². The molecule has 18 heavy (non-hydrogen) atoms. The number of nitrogens with zero attached hydrogens (tertiary/aromatic N) is 1. The lowest BCUT2D eigenvalue weighted by Gasteiger charge is -2.02. The molecule has 0 aromatic heterocycles. The minimum absolute atomic E-state index is 0.124. The van der Waals surface area contributed by atoms with Crippen molar-refractivity contribution in [3.63, 3.8) is 0 Å². The lowest BCUT2D eigenvalue weighted by Crippen LogP contribution is -2.06. The Morgan fingerprint density at radius 3 is 2.22 bits per heavy atom. The van der Waals surface area contributed by atoms with Crippen LogP contribution in [0, 0.1) is 11.3 Å². The van der Waals surface area contributed by atoms with E-state index < -0.39 is 5.97 Å². The van der Waals surface area contributed by atoms with Crippen molar-refractivity contribution in [2.45, 2.75) is 52.4 Å². The van der Waals surface area contributed by atoms with Gasteiger partial charge in [-0.2, -0.15) is 5.26 Å². The van der Waals surface area contributed by atoms with Crippen molar-refractivity contribution in [1.29, 1.82) is 5.26 Å². The molecule has 0 saturated heterocycles. The molecule has 0 aliphatic carbocycles. The van der Waals surface area contributed by atoms with Gasteiger partial charge in [-0.1, -0.05) is 45.6 Å². The molecule has 0 heterocycles. The maximum absolute atomic E-state index is 11.0. The van der Waals surface area contributed by atoms with Gasteiger partial charge in [0.2, 0.25) is 0 Å². The van der Waals surface area contributed by atoms with E-state index in [0.29, 0.717) is 6.61 Å². The van der Waals surface area contributed by atoms with Crippen LogP contribution < -0.4 is 0 Å². The molecule has 0 aliphatic rings. The third kappa shape index (κ3) is 14.7. The summed E-state index contributed by atoms with van der Waals surface area (Å²) in [7, 11) is 0. The van der Waals surface area contributed by atoms with Gasteiger partial charge in [0.1, 0.15) is 11.6 Å². The number of ether oxygens (including phenoxy) is 1. The summed E-state index contributed by atoms with van der Waals surface area (Å²) >= 11 is 0. The van der Waals surface area contributed by atoms with Crippen molar-refractivity contribution < 1.29 is 14.6 Å². The van der Waals surface area contributed by atoms with Gasteiger partial charge in [0, 0.05) is 6.61 Å². The SMILES string of the molecule is C=C(C#N)C(=O)OCCCCCCCC.CCO. The zero-order valence-corrected chi connectivity index (χ0v) is 11.6. The predicted octanol–water partition coefficient (Wildman–Crippen LogP) is 2.97. The third-order valence-corrected chi connectivity index (χ3v) is 2.11. The van der Waals surface area contributed by atoms with Crippen LogP contribution in [0.3, 0.4) is 0 Å². The zero-order chi connectivity index (χ0) is 14.2. The van der Waals surface area contributed by atoms with Crippen LogP contribution in [-0.4, -0.2) is 24.3 Å². The van der Waals surface area contributed by atoms with Gasteiger partial charge in [0.25, 0.3) is 0 Å². The first kappa shape index (κ1) is 19.0. The third-order valence-electron chi connectivity index (χ3n) is 2.11. The quantitative estimate of drug-likeness (QED) is 0.313. The van der Waals surface area contributed by atoms with E-state index in [-0.39, 0.29) is 12.2 Å². The molecule has 0 atom stereocenters. The molecule has 0 aromatic rings. The van der Waals surface area contributed by atoms with Crippen molar-refractivity contribution in [2.75, 3.05) is 13.2 Å². The molecule has 4 nitrogen and oxygen atoms in total. The Bertz CT molecular complexity index is 256. The summed E-state index contributed by atoms with van der Waals surface area (Å²) in [6.45, 7) is 7.78. The number of carbonyl (C=O) groups excluding carboxylic acids is 1. The van der Waals surface area contributed by atoms with E-state index in [2.05, 4.69) is 13.5 Å². The van der Waals surface area contributed by atoms with E-state index >= 15 is 0 Å². The zero-order valence-electron chi connectivity index (χ0n) is 11.6. The number of esters is 1. The number of hydrogen-bond donors (Lipinski definition) is 1. The van der Waals surface area contributed by atoms with Gasteiger partial charge in [-0.05, 0) is 13.3 Å². The molecule has 0 radical (unpaired) electrons. The van der Waals surface area contributed by atoms with Crippen LogP contribution in [0.2, 0.25) is 0 Å². The molecule has 104 valence electrons. The van der Waals surface area contributed by atoms with E-state index in [0.717, 1.165) is 12.8 Å². The first-order chi connectivity index (χ1) is 8.63. The van der Waals surface area contributed by atoms with Crippen LogP contribution in [0.25, 0.3) is 0 Å². The van der Waals surface area contributed by atoms with Crippen molar-refractivity contribution in [3.05, 3.63) is 12.2 Å².